The summed E-state index contributed by atoms with van der Waals surface area (Å²) in [7, 11) is 0. The Morgan fingerprint density at radius 3 is 0.886 bits per heavy atom. The Bertz CT molecular complexity index is 1240. The first-order valence-electron chi connectivity index (χ1n) is 30.5. The number of ether oxygens (including phenoxy) is 2. The molecule has 5 heteroatoms. The molecule has 0 bridgehead atoms. The molecule has 0 saturated heterocycles. The van der Waals surface area contributed by atoms with Crippen LogP contribution >= 0.6 is 0 Å². The average Bonchev–Trinajstić information content (AvgIpc) is 3.36. The summed E-state index contributed by atoms with van der Waals surface area (Å²) >= 11 is 0. The molecule has 406 valence electrons. The number of aliphatic hydroxyl groups is 1. The fourth-order valence-electron chi connectivity index (χ4n) is 8.87. The lowest BCUT2D eigenvalue weighted by molar-refractivity contribution is -0.161. The molecule has 0 amide bonds. The molecule has 0 spiro atoms. The summed E-state index contributed by atoms with van der Waals surface area (Å²) < 4.78 is 10.7. The molecule has 1 atom stereocenters. The molecule has 5 nitrogen and oxygen atoms in total. The van der Waals surface area contributed by atoms with Gasteiger partial charge in [-0.3, -0.25) is 9.59 Å². The van der Waals surface area contributed by atoms with Crippen molar-refractivity contribution in [3.05, 3.63) is 72.9 Å². The lowest BCUT2D eigenvalue weighted by atomic mass is 10.0. The van der Waals surface area contributed by atoms with Crippen molar-refractivity contribution in [2.24, 2.45) is 0 Å². The molecular weight excluding hydrogens is 861 g/mol. The van der Waals surface area contributed by atoms with E-state index in [-0.39, 0.29) is 25.2 Å². The monoisotopic (exact) mass is 977 g/mol. The average molecular weight is 978 g/mol. The Morgan fingerprint density at radius 1 is 0.329 bits per heavy atom. The number of esters is 2. The molecule has 1 unspecified atom stereocenters. The summed E-state index contributed by atoms with van der Waals surface area (Å²) in [4.78, 5) is 24.5. The Morgan fingerprint density at radius 2 is 0.571 bits per heavy atom. The maximum absolute atomic E-state index is 12.3. The summed E-state index contributed by atoms with van der Waals surface area (Å²) in [5.41, 5.74) is 0. The van der Waals surface area contributed by atoms with Gasteiger partial charge in [-0.2, -0.15) is 0 Å². The molecule has 0 aliphatic rings. The number of carbonyl (C=O) groups is 2. The number of hydrogen-bond donors (Lipinski definition) is 1. The summed E-state index contributed by atoms with van der Waals surface area (Å²) in [5.74, 6) is -0.595. The van der Waals surface area contributed by atoms with E-state index in [4.69, 9.17) is 9.47 Å². The molecule has 0 aliphatic heterocycles. The van der Waals surface area contributed by atoms with Crippen LogP contribution in [0.15, 0.2) is 72.9 Å². The Labute approximate surface area is 435 Å². The van der Waals surface area contributed by atoms with E-state index in [0.717, 1.165) is 70.6 Å². The van der Waals surface area contributed by atoms with E-state index in [1.54, 1.807) is 0 Å². The van der Waals surface area contributed by atoms with Crippen molar-refractivity contribution < 1.29 is 24.2 Å². The zero-order chi connectivity index (χ0) is 50.6. The third-order valence-electron chi connectivity index (χ3n) is 13.5. The molecule has 70 heavy (non-hydrogen) atoms. The third-order valence-corrected chi connectivity index (χ3v) is 13.5. The van der Waals surface area contributed by atoms with Gasteiger partial charge in [0.2, 0.25) is 0 Å². The van der Waals surface area contributed by atoms with Gasteiger partial charge in [-0.25, -0.2) is 0 Å². The van der Waals surface area contributed by atoms with E-state index in [0.29, 0.717) is 12.8 Å². The predicted octanol–water partition coefficient (Wildman–Crippen LogP) is 20.8. The highest BCUT2D eigenvalue weighted by Gasteiger charge is 2.16. The van der Waals surface area contributed by atoms with Crippen LogP contribution in [0.1, 0.15) is 309 Å². The van der Waals surface area contributed by atoms with Crippen molar-refractivity contribution in [3.8, 4) is 0 Å². The minimum atomic E-state index is -0.779. The van der Waals surface area contributed by atoms with Crippen molar-refractivity contribution in [1.82, 2.24) is 0 Å². The van der Waals surface area contributed by atoms with Crippen molar-refractivity contribution in [1.29, 1.82) is 0 Å². The summed E-state index contributed by atoms with van der Waals surface area (Å²) in [6.45, 7) is 4.12. The van der Waals surface area contributed by atoms with Gasteiger partial charge in [0.25, 0.3) is 0 Å². The van der Waals surface area contributed by atoms with E-state index < -0.39 is 6.10 Å². The van der Waals surface area contributed by atoms with Gasteiger partial charge in [-0.1, -0.05) is 279 Å². The van der Waals surface area contributed by atoms with Crippen molar-refractivity contribution in [2.45, 2.75) is 315 Å². The van der Waals surface area contributed by atoms with Crippen LogP contribution < -0.4 is 0 Å². The second-order valence-electron chi connectivity index (χ2n) is 20.4. The Hall–Kier alpha value is -2.66. The minimum Gasteiger partial charge on any atom is -0.462 e. The highest BCUT2D eigenvalue weighted by Crippen LogP contribution is 2.17. The van der Waals surface area contributed by atoms with Gasteiger partial charge in [0, 0.05) is 12.8 Å². The number of aliphatic hydroxyl groups excluding tert-OH is 1. The van der Waals surface area contributed by atoms with Gasteiger partial charge >= 0.3 is 11.9 Å². The highest BCUT2D eigenvalue weighted by molar-refractivity contribution is 5.70. The van der Waals surface area contributed by atoms with Crippen LogP contribution in [0.2, 0.25) is 0 Å². The van der Waals surface area contributed by atoms with Gasteiger partial charge in [-0.15, -0.1) is 0 Å². The smallest absolute Gasteiger partial charge is 0.306 e. The molecular formula is C65H116O5. The van der Waals surface area contributed by atoms with Crippen LogP contribution in [-0.4, -0.2) is 36.4 Å². The molecule has 1 N–H and O–H groups in total. The third kappa shape index (κ3) is 57.9. The second-order valence-corrected chi connectivity index (χ2v) is 20.4. The van der Waals surface area contributed by atoms with Crippen molar-refractivity contribution in [2.75, 3.05) is 13.2 Å². The first kappa shape index (κ1) is 67.3. The standard InChI is InChI=1S/C65H116O5/c1-3-5-7-9-11-13-15-17-19-21-23-24-25-26-27-28-29-30-31-32-33-34-35-36-37-38-39-40-42-44-46-48-50-52-54-56-58-60-65(68)70-63(61-66)62-69-64(67)59-57-55-53-51-49-47-45-43-41-22-20-18-16-14-12-10-8-6-4-2/h12,14-15,17-18,20-21,23,25-26,41,43,63,66H,3-11,13,16,19,22,24,27-40,42,44-62H2,1-2H3/b14-12-,17-15-,20-18-,23-21-,26-25-,43-41-. The molecule has 0 rings (SSSR count). The van der Waals surface area contributed by atoms with Gasteiger partial charge in [-0.05, 0) is 89.9 Å². The molecule has 0 aromatic rings. The lowest BCUT2D eigenvalue weighted by Crippen LogP contribution is -2.28. The fourth-order valence-corrected chi connectivity index (χ4v) is 8.87. The van der Waals surface area contributed by atoms with Gasteiger partial charge in [0.1, 0.15) is 6.61 Å². The molecule has 0 saturated carbocycles. The SMILES string of the molecule is CCCCC/C=C\C/C=C\C/C=C\CCCCCCCCC(=O)OCC(CO)OC(=O)CCCCCCCCCCCCCCCCCCCCCCCC/C=C\C/C=C\C/C=C\CCCCCCC. The highest BCUT2D eigenvalue weighted by atomic mass is 16.6. The van der Waals surface area contributed by atoms with Crippen LogP contribution in [0.5, 0.6) is 0 Å². The fraction of sp³-hybridized carbons (Fsp3) is 0.785. The van der Waals surface area contributed by atoms with Crippen LogP contribution in [0.3, 0.4) is 0 Å². The number of rotatable bonds is 56. The maximum Gasteiger partial charge on any atom is 0.306 e. The van der Waals surface area contributed by atoms with Gasteiger partial charge in [0.05, 0.1) is 6.61 Å². The van der Waals surface area contributed by atoms with E-state index >= 15 is 0 Å². The Balaban J connectivity index is 3.44. The largest absolute Gasteiger partial charge is 0.462 e. The van der Waals surface area contributed by atoms with Crippen molar-refractivity contribution >= 4 is 11.9 Å². The van der Waals surface area contributed by atoms with Crippen LogP contribution in [0.4, 0.5) is 0 Å². The maximum atomic E-state index is 12.3. The zero-order valence-corrected chi connectivity index (χ0v) is 46.5. The topological polar surface area (TPSA) is 72.8 Å². The molecule has 0 radical (unpaired) electrons. The summed E-state index contributed by atoms with van der Waals surface area (Å²) in [5, 5.41) is 9.66. The molecule has 0 heterocycles. The van der Waals surface area contributed by atoms with E-state index in [2.05, 4.69) is 86.8 Å². The first-order chi connectivity index (χ1) is 34.6. The molecule has 0 fully saturated rings. The number of carbonyl (C=O) groups excluding carboxylic acids is 2. The summed E-state index contributed by atoms with van der Waals surface area (Å²) in [6, 6.07) is 0. The number of allylic oxidation sites excluding steroid dienone is 12. The van der Waals surface area contributed by atoms with E-state index in [9.17, 15) is 14.7 Å². The first-order valence-corrected chi connectivity index (χ1v) is 30.5. The van der Waals surface area contributed by atoms with Crippen LogP contribution in [-0.2, 0) is 19.1 Å². The minimum absolute atomic E-state index is 0.0721. The second kappa shape index (κ2) is 60.6. The quantitative estimate of drug-likeness (QED) is 0.0373. The molecule has 0 aliphatic carbocycles. The van der Waals surface area contributed by atoms with Gasteiger partial charge in [0.15, 0.2) is 6.10 Å². The van der Waals surface area contributed by atoms with E-state index in [1.165, 1.54) is 212 Å². The number of unbranched alkanes of at least 4 members (excludes halogenated alkanes) is 36. The Kier molecular flexibility index (Phi) is 58.3. The molecule has 0 aromatic heterocycles. The number of hydrogen-bond acceptors (Lipinski definition) is 5. The van der Waals surface area contributed by atoms with E-state index in [1.807, 2.05) is 0 Å². The summed E-state index contributed by atoms with van der Waals surface area (Å²) in [6.07, 6.45) is 83.3. The van der Waals surface area contributed by atoms with Crippen LogP contribution in [0, 0.1) is 0 Å². The van der Waals surface area contributed by atoms with Gasteiger partial charge < -0.3 is 14.6 Å². The predicted molar refractivity (Wildman–Crippen MR) is 306 cm³/mol. The van der Waals surface area contributed by atoms with Crippen LogP contribution in [0.25, 0.3) is 0 Å². The normalized spacial score (nSPS) is 12.7. The lowest BCUT2D eigenvalue weighted by Gasteiger charge is -2.15. The zero-order valence-electron chi connectivity index (χ0n) is 46.5. The molecule has 0 aromatic carbocycles. The van der Waals surface area contributed by atoms with Crippen molar-refractivity contribution in [3.63, 3.8) is 0 Å².